The lowest BCUT2D eigenvalue weighted by molar-refractivity contribution is -0.206. The molecule has 0 amide bonds. The van der Waals surface area contributed by atoms with Gasteiger partial charge in [-0.25, -0.2) is 0 Å². The van der Waals surface area contributed by atoms with Gasteiger partial charge in [0.15, 0.2) is 17.6 Å². The first-order chi connectivity index (χ1) is 7.39. The van der Waals surface area contributed by atoms with Gasteiger partial charge >= 0.3 is 6.18 Å². The van der Waals surface area contributed by atoms with E-state index in [1.807, 2.05) is 0 Å². The Balaban J connectivity index is 2.41. The lowest BCUT2D eigenvalue weighted by Crippen LogP contribution is -2.20. The molecule has 1 aliphatic rings. The van der Waals surface area contributed by atoms with E-state index in [1.54, 1.807) is 0 Å². The summed E-state index contributed by atoms with van der Waals surface area (Å²) in [5.41, 5.74) is -0.373. The predicted molar refractivity (Wildman–Crippen MR) is 48.6 cm³/mol. The zero-order valence-corrected chi connectivity index (χ0v) is 8.47. The van der Waals surface area contributed by atoms with Crippen molar-refractivity contribution < 1.29 is 27.8 Å². The predicted octanol–water partition coefficient (Wildman–Crippen LogP) is 2.66. The van der Waals surface area contributed by atoms with Crippen LogP contribution in [0.4, 0.5) is 13.2 Å². The lowest BCUT2D eigenvalue weighted by Gasteiger charge is -2.15. The lowest BCUT2D eigenvalue weighted by atomic mass is 10.1. The van der Waals surface area contributed by atoms with E-state index in [1.165, 1.54) is 0 Å². The van der Waals surface area contributed by atoms with Gasteiger partial charge in [-0.05, 0) is 17.7 Å². The highest BCUT2D eigenvalue weighted by Crippen LogP contribution is 2.43. The first kappa shape index (κ1) is 11.3. The molecule has 0 fully saturated rings. The van der Waals surface area contributed by atoms with Gasteiger partial charge in [0, 0.05) is 0 Å². The number of halogens is 4. The standard InChI is InChI=1S/C9H6ClF3O3/c10-5-1-4(8(14)9(11,12)13)2-6-7(5)16-3-15-6/h1-2,8,14H,3H2/t8-/m1/s1. The molecule has 1 heterocycles. The Labute approximate surface area is 93.3 Å². The SMILES string of the molecule is O[C@H](c1cc(Cl)c2c(c1)OCO2)C(F)(F)F. The zero-order chi connectivity index (χ0) is 11.9. The van der Waals surface area contributed by atoms with E-state index in [2.05, 4.69) is 0 Å². The first-order valence-electron chi connectivity index (χ1n) is 4.23. The van der Waals surface area contributed by atoms with Crippen molar-refractivity contribution >= 4 is 11.6 Å². The van der Waals surface area contributed by atoms with E-state index >= 15 is 0 Å². The fourth-order valence-electron chi connectivity index (χ4n) is 1.33. The summed E-state index contributed by atoms with van der Waals surface area (Å²) < 4.78 is 46.6. The Morgan fingerprint density at radius 1 is 1.31 bits per heavy atom. The molecule has 0 spiro atoms. The third-order valence-electron chi connectivity index (χ3n) is 2.08. The highest BCUT2D eigenvalue weighted by molar-refractivity contribution is 6.32. The molecule has 1 atom stereocenters. The molecule has 2 rings (SSSR count). The van der Waals surface area contributed by atoms with Gasteiger partial charge in [-0.3, -0.25) is 0 Å². The molecule has 3 nitrogen and oxygen atoms in total. The van der Waals surface area contributed by atoms with E-state index in [0.29, 0.717) is 0 Å². The molecule has 1 aliphatic heterocycles. The molecule has 0 aromatic heterocycles. The van der Waals surface area contributed by atoms with Gasteiger partial charge < -0.3 is 14.6 Å². The largest absolute Gasteiger partial charge is 0.454 e. The van der Waals surface area contributed by atoms with Crippen molar-refractivity contribution in [1.82, 2.24) is 0 Å². The van der Waals surface area contributed by atoms with Crippen LogP contribution in [0.15, 0.2) is 12.1 Å². The van der Waals surface area contributed by atoms with E-state index < -0.39 is 12.3 Å². The molecule has 88 valence electrons. The van der Waals surface area contributed by atoms with Crippen LogP contribution >= 0.6 is 11.6 Å². The third kappa shape index (κ3) is 1.90. The average molecular weight is 255 g/mol. The molecule has 0 saturated heterocycles. The number of aliphatic hydroxyl groups excluding tert-OH is 1. The minimum Gasteiger partial charge on any atom is -0.454 e. The van der Waals surface area contributed by atoms with E-state index in [0.717, 1.165) is 12.1 Å². The van der Waals surface area contributed by atoms with Crippen LogP contribution in [-0.4, -0.2) is 18.1 Å². The summed E-state index contributed by atoms with van der Waals surface area (Å²) in [6.07, 6.45) is -7.32. The molecular formula is C9H6ClF3O3. The fraction of sp³-hybridized carbons (Fsp3) is 0.333. The van der Waals surface area contributed by atoms with Crippen LogP contribution in [0.5, 0.6) is 11.5 Å². The highest BCUT2D eigenvalue weighted by atomic mass is 35.5. The van der Waals surface area contributed by atoms with Crippen molar-refractivity contribution in [2.45, 2.75) is 12.3 Å². The molecule has 7 heteroatoms. The second-order valence-corrected chi connectivity index (χ2v) is 3.59. The molecule has 1 aromatic carbocycles. The Morgan fingerprint density at radius 2 is 2.00 bits per heavy atom. The van der Waals surface area contributed by atoms with Crippen molar-refractivity contribution in [3.63, 3.8) is 0 Å². The van der Waals surface area contributed by atoms with Crippen molar-refractivity contribution in [2.24, 2.45) is 0 Å². The quantitative estimate of drug-likeness (QED) is 0.837. The van der Waals surface area contributed by atoms with Gasteiger partial charge in [0.25, 0.3) is 0 Å². The molecule has 0 unspecified atom stereocenters. The number of fused-ring (bicyclic) bond motifs is 1. The Bertz CT molecular complexity index is 419. The van der Waals surface area contributed by atoms with Crippen LogP contribution in [0.1, 0.15) is 11.7 Å². The average Bonchev–Trinajstić information content (AvgIpc) is 2.63. The van der Waals surface area contributed by atoms with Crippen molar-refractivity contribution in [1.29, 1.82) is 0 Å². The van der Waals surface area contributed by atoms with Gasteiger partial charge in [0.2, 0.25) is 6.79 Å². The molecule has 0 saturated carbocycles. The number of hydrogen-bond donors (Lipinski definition) is 1. The second kappa shape index (κ2) is 3.71. The number of ether oxygens (including phenoxy) is 2. The molecule has 0 aliphatic carbocycles. The highest BCUT2D eigenvalue weighted by Gasteiger charge is 2.40. The van der Waals surface area contributed by atoms with Crippen LogP contribution in [0.2, 0.25) is 5.02 Å². The summed E-state index contributed by atoms with van der Waals surface area (Å²) in [7, 11) is 0. The number of aliphatic hydroxyl groups is 1. The van der Waals surface area contributed by atoms with E-state index in [-0.39, 0.29) is 28.9 Å². The summed E-state index contributed by atoms with van der Waals surface area (Å²) in [6.45, 7) is -0.0966. The minimum absolute atomic E-state index is 0.0201. The topological polar surface area (TPSA) is 38.7 Å². The molecule has 0 bridgehead atoms. The first-order valence-corrected chi connectivity index (χ1v) is 4.61. The van der Waals surface area contributed by atoms with Crippen LogP contribution in [0.25, 0.3) is 0 Å². The van der Waals surface area contributed by atoms with Crippen molar-refractivity contribution in [3.8, 4) is 11.5 Å². The third-order valence-corrected chi connectivity index (χ3v) is 2.36. The Hall–Kier alpha value is -1.14. The van der Waals surface area contributed by atoms with Gasteiger partial charge in [0.1, 0.15) is 0 Å². The molecular weight excluding hydrogens is 249 g/mol. The van der Waals surface area contributed by atoms with Crippen LogP contribution in [0.3, 0.4) is 0 Å². The fourth-order valence-corrected chi connectivity index (χ4v) is 1.61. The monoisotopic (exact) mass is 254 g/mol. The molecule has 16 heavy (non-hydrogen) atoms. The van der Waals surface area contributed by atoms with Crippen LogP contribution in [-0.2, 0) is 0 Å². The Kier molecular flexibility index (Phi) is 2.63. The maximum Gasteiger partial charge on any atom is 0.418 e. The molecule has 0 radical (unpaired) electrons. The van der Waals surface area contributed by atoms with E-state index in [4.69, 9.17) is 26.2 Å². The van der Waals surface area contributed by atoms with Gasteiger partial charge in [-0.15, -0.1) is 0 Å². The molecule has 1 aromatic rings. The summed E-state index contributed by atoms with van der Waals surface area (Å²) in [5.74, 6) is 0.297. The maximum atomic E-state index is 12.3. The summed E-state index contributed by atoms with van der Waals surface area (Å²) in [5, 5.41) is 9.01. The smallest absolute Gasteiger partial charge is 0.418 e. The minimum atomic E-state index is -4.74. The van der Waals surface area contributed by atoms with Crippen molar-refractivity contribution in [3.05, 3.63) is 22.7 Å². The van der Waals surface area contributed by atoms with E-state index in [9.17, 15) is 13.2 Å². The zero-order valence-electron chi connectivity index (χ0n) is 7.71. The summed E-state index contributed by atoms with van der Waals surface area (Å²) >= 11 is 5.69. The molecule has 1 N–H and O–H groups in total. The number of rotatable bonds is 1. The Morgan fingerprint density at radius 3 is 2.62 bits per heavy atom. The summed E-state index contributed by atoms with van der Waals surface area (Å²) in [4.78, 5) is 0. The van der Waals surface area contributed by atoms with Crippen LogP contribution in [0, 0.1) is 0 Å². The summed E-state index contributed by atoms with van der Waals surface area (Å²) in [6, 6.07) is 2.07. The normalized spacial score (nSPS) is 16.3. The number of hydrogen-bond acceptors (Lipinski definition) is 3. The second-order valence-electron chi connectivity index (χ2n) is 3.18. The van der Waals surface area contributed by atoms with Gasteiger partial charge in [-0.1, -0.05) is 11.6 Å². The number of alkyl halides is 3. The van der Waals surface area contributed by atoms with Crippen LogP contribution < -0.4 is 9.47 Å². The maximum absolute atomic E-state index is 12.3. The van der Waals surface area contributed by atoms with Gasteiger partial charge in [0.05, 0.1) is 5.02 Å². The van der Waals surface area contributed by atoms with Gasteiger partial charge in [-0.2, -0.15) is 13.2 Å². The van der Waals surface area contributed by atoms with Crippen molar-refractivity contribution in [2.75, 3.05) is 6.79 Å². The number of benzene rings is 1.